The quantitative estimate of drug-likeness (QED) is 0.212. The molecule has 0 saturated heterocycles. The number of carboxylic acids is 2. The van der Waals surface area contributed by atoms with Crippen molar-refractivity contribution in [2.24, 2.45) is 11.8 Å². The third kappa shape index (κ3) is 6.00. The molecule has 0 aromatic carbocycles. The van der Waals surface area contributed by atoms with E-state index in [9.17, 15) is 24.9 Å². The standard InChI is InChI=1S/C34H34N4O5.Fe/c1-7-21-16(2)26-14-31-34(20(6)39)19(5)27(38-31)12-24-17(3)22(8-10-32(40)41)29(36-24)15-30-23(9-11-33(42)43)18(4)25(37-30)13-28(21)35-26;/h7,12-15,21,34,39H,1,6,8-11H2,2-5H3,(H,40,41)(H,42,43);/q-4;+4. The third-order valence-corrected chi connectivity index (χ3v) is 8.46. The van der Waals surface area contributed by atoms with Crippen LogP contribution in [0, 0.1) is 25.7 Å². The molecule has 2 atom stereocenters. The number of rotatable bonds is 8. The van der Waals surface area contributed by atoms with Gasteiger partial charge in [-0.2, -0.15) is 0 Å². The van der Waals surface area contributed by atoms with Crippen LogP contribution in [0.1, 0.15) is 60.3 Å². The normalized spacial score (nSPS) is 18.7. The van der Waals surface area contributed by atoms with Crippen LogP contribution in [-0.2, 0) is 39.5 Å². The number of nitrogens with zero attached hydrogens (tertiary/aromatic N) is 4. The van der Waals surface area contributed by atoms with Gasteiger partial charge in [-0.05, 0) is 40.5 Å². The van der Waals surface area contributed by atoms with Gasteiger partial charge < -0.3 is 35.9 Å². The molecule has 3 N–H and O–H groups in total. The van der Waals surface area contributed by atoms with Gasteiger partial charge in [-0.1, -0.05) is 70.4 Å². The van der Waals surface area contributed by atoms with Gasteiger partial charge in [0.25, 0.3) is 0 Å². The van der Waals surface area contributed by atoms with Crippen LogP contribution >= 0.6 is 0 Å². The Kier molecular flexibility index (Phi) is 9.37. The molecule has 0 amide bonds. The molecule has 8 bridgehead atoms. The average molecular weight is 635 g/mol. The fourth-order valence-electron chi connectivity index (χ4n) is 6.00. The van der Waals surface area contributed by atoms with Crippen molar-refractivity contribution >= 4 is 30.2 Å². The number of allylic oxidation sites excluding steroid dienone is 3. The van der Waals surface area contributed by atoms with Crippen LogP contribution in [0.5, 0.6) is 0 Å². The van der Waals surface area contributed by atoms with Crippen molar-refractivity contribution in [3.63, 3.8) is 0 Å². The first-order chi connectivity index (χ1) is 20.4. The first-order valence-corrected chi connectivity index (χ1v) is 14.1. The molecule has 2 aromatic rings. The fourth-order valence-corrected chi connectivity index (χ4v) is 6.00. The summed E-state index contributed by atoms with van der Waals surface area (Å²) in [4.78, 5) is 32.9. The van der Waals surface area contributed by atoms with E-state index < -0.39 is 17.9 Å². The Morgan fingerprint density at radius 3 is 2.00 bits per heavy atom. The molecule has 0 spiro atoms. The Balaban J connectivity index is 0.00000442. The largest absolute Gasteiger partial charge is 4.00 e. The summed E-state index contributed by atoms with van der Waals surface area (Å²) in [5, 5.41) is 40.5. The first kappa shape index (κ1) is 32.5. The molecule has 3 aliphatic heterocycles. The summed E-state index contributed by atoms with van der Waals surface area (Å²) in [5.74, 6) is -2.54. The number of aliphatic hydroxyl groups excluding tert-OH is 1. The summed E-state index contributed by atoms with van der Waals surface area (Å²) in [6.07, 6.45) is 9.67. The van der Waals surface area contributed by atoms with Gasteiger partial charge >= 0.3 is 29.0 Å². The second-order valence-corrected chi connectivity index (χ2v) is 11.2. The number of aliphatic hydroxyl groups is 1. The zero-order chi connectivity index (χ0) is 31.2. The zero-order valence-electron chi connectivity index (χ0n) is 25.1. The SMILES string of the molecule is C=CC1C2=Cc3[n-]c(c(CCC(=O)O)c3C)C=c3[n-]c(c(C)c3CCC(=O)O)=CC3=C(C)C(C(=C)O)C(=CC(=C1C)[N-]2)[N-]3.[Fe+4]. The van der Waals surface area contributed by atoms with Crippen LogP contribution in [0.25, 0.3) is 28.9 Å². The predicted octanol–water partition coefficient (Wildman–Crippen LogP) is 4.91. The Bertz CT molecular complexity index is 1830. The minimum absolute atomic E-state index is 0. The van der Waals surface area contributed by atoms with Crippen molar-refractivity contribution in [1.82, 2.24) is 9.97 Å². The van der Waals surface area contributed by atoms with E-state index in [0.29, 0.717) is 39.2 Å². The Labute approximate surface area is 266 Å². The van der Waals surface area contributed by atoms with E-state index in [2.05, 4.69) is 13.2 Å². The minimum atomic E-state index is -0.919. The van der Waals surface area contributed by atoms with E-state index in [1.807, 2.05) is 58.1 Å². The van der Waals surface area contributed by atoms with Crippen LogP contribution < -0.4 is 20.7 Å². The topological polar surface area (TPSA) is 151 Å². The van der Waals surface area contributed by atoms with Crippen molar-refractivity contribution in [1.29, 1.82) is 0 Å². The van der Waals surface area contributed by atoms with Crippen LogP contribution in [0.4, 0.5) is 0 Å². The van der Waals surface area contributed by atoms with E-state index in [1.165, 1.54) is 0 Å². The van der Waals surface area contributed by atoms with E-state index in [4.69, 9.17) is 20.6 Å². The van der Waals surface area contributed by atoms with Gasteiger partial charge in [0.2, 0.25) is 0 Å². The smallest absolute Gasteiger partial charge is 0.661 e. The number of hydrogen-bond donors (Lipinski definition) is 3. The van der Waals surface area contributed by atoms with Crippen molar-refractivity contribution in [2.75, 3.05) is 0 Å². The summed E-state index contributed by atoms with van der Waals surface area (Å²) in [6, 6.07) is 0. The molecule has 2 aromatic heterocycles. The Morgan fingerprint density at radius 2 is 1.39 bits per heavy atom. The minimum Gasteiger partial charge on any atom is -0.661 e. The summed E-state index contributed by atoms with van der Waals surface area (Å²) in [7, 11) is 0. The van der Waals surface area contributed by atoms with Gasteiger partial charge in [0.1, 0.15) is 0 Å². The molecular weight excluding hydrogens is 600 g/mol. The first-order valence-electron chi connectivity index (χ1n) is 14.1. The van der Waals surface area contributed by atoms with Crippen molar-refractivity contribution in [2.45, 2.75) is 53.4 Å². The number of aromatic nitrogens is 2. The molecular formula is C34H34FeN4O5. The zero-order valence-corrected chi connectivity index (χ0v) is 26.2. The Hall–Kier alpha value is -4.40. The van der Waals surface area contributed by atoms with Gasteiger partial charge in [-0.25, -0.2) is 0 Å². The molecule has 0 radical (unpaired) electrons. The molecule has 0 saturated carbocycles. The van der Waals surface area contributed by atoms with Crippen LogP contribution in [0.15, 0.2) is 65.0 Å². The maximum atomic E-state index is 11.5. The molecule has 228 valence electrons. The molecule has 5 rings (SSSR count). The van der Waals surface area contributed by atoms with E-state index >= 15 is 0 Å². The van der Waals surface area contributed by atoms with Crippen molar-refractivity contribution in [3.8, 4) is 0 Å². The molecule has 2 unspecified atom stereocenters. The fraction of sp³-hybridized carbons (Fsp3) is 0.294. The monoisotopic (exact) mass is 634 g/mol. The van der Waals surface area contributed by atoms with Crippen LogP contribution in [-0.4, -0.2) is 27.3 Å². The van der Waals surface area contributed by atoms with Crippen molar-refractivity contribution in [3.05, 3.63) is 120 Å². The van der Waals surface area contributed by atoms with E-state index in [0.717, 1.165) is 39.1 Å². The molecule has 0 aliphatic carbocycles. The van der Waals surface area contributed by atoms with Gasteiger partial charge in [0.15, 0.2) is 0 Å². The van der Waals surface area contributed by atoms with Crippen LogP contribution in [0.2, 0.25) is 0 Å². The van der Waals surface area contributed by atoms with E-state index in [-0.39, 0.29) is 54.4 Å². The maximum absolute atomic E-state index is 11.5. The summed E-state index contributed by atoms with van der Waals surface area (Å²) in [5.41, 5.74) is 8.99. The number of aliphatic carboxylic acids is 2. The summed E-state index contributed by atoms with van der Waals surface area (Å²) >= 11 is 0. The van der Waals surface area contributed by atoms with Crippen molar-refractivity contribution < 1.29 is 42.0 Å². The van der Waals surface area contributed by atoms with E-state index in [1.54, 1.807) is 0 Å². The van der Waals surface area contributed by atoms with Gasteiger partial charge in [0.05, 0.1) is 5.76 Å². The number of hydrogen-bond acceptors (Lipinski definition) is 3. The number of carbonyl (C=O) groups is 2. The van der Waals surface area contributed by atoms with Gasteiger partial charge in [-0.15, -0.1) is 51.5 Å². The van der Waals surface area contributed by atoms with Crippen LogP contribution in [0.3, 0.4) is 0 Å². The second kappa shape index (κ2) is 12.7. The molecule has 44 heavy (non-hydrogen) atoms. The summed E-state index contributed by atoms with van der Waals surface area (Å²) in [6.45, 7) is 15.5. The Morgan fingerprint density at radius 1 is 0.773 bits per heavy atom. The molecule has 10 heteroatoms. The second-order valence-electron chi connectivity index (χ2n) is 11.2. The van der Waals surface area contributed by atoms with Gasteiger partial charge in [-0.3, -0.25) is 9.59 Å². The predicted molar refractivity (Wildman–Crippen MR) is 165 cm³/mol. The molecule has 5 heterocycles. The number of fused-ring (bicyclic) bond motifs is 8. The summed E-state index contributed by atoms with van der Waals surface area (Å²) < 4.78 is 0. The third-order valence-electron chi connectivity index (χ3n) is 8.46. The molecule has 3 aliphatic rings. The molecule has 9 nitrogen and oxygen atoms in total. The van der Waals surface area contributed by atoms with Gasteiger partial charge in [0, 0.05) is 24.7 Å². The molecule has 0 fully saturated rings. The maximum Gasteiger partial charge on any atom is 4.00 e. The number of carboxylic acid groups (broad SMARTS) is 2. The average Bonchev–Trinajstić information content (AvgIpc) is 3.59.